The van der Waals surface area contributed by atoms with E-state index < -0.39 is 0 Å². The Morgan fingerprint density at radius 1 is 0.786 bits per heavy atom. The van der Waals surface area contributed by atoms with Crippen molar-refractivity contribution in [1.82, 2.24) is 0 Å². The molecule has 86 valence electrons. The van der Waals surface area contributed by atoms with Crippen LogP contribution < -0.4 is 0 Å². The first-order chi connectivity index (χ1) is 6.52. The predicted octanol–water partition coefficient (Wildman–Crippen LogP) is 2.29. The zero-order chi connectivity index (χ0) is 11.0. The highest BCUT2D eigenvalue weighted by molar-refractivity contribution is 7.81. The summed E-state index contributed by atoms with van der Waals surface area (Å²) in [6, 6.07) is 0. The monoisotopic (exact) mass is 238 g/mol. The summed E-state index contributed by atoms with van der Waals surface area (Å²) in [6.45, 7) is 9.05. The maximum Gasteiger partial charge on any atom is 0.0579 e. The van der Waals surface area contributed by atoms with Crippen molar-refractivity contribution in [2.75, 3.05) is 26.4 Å². The van der Waals surface area contributed by atoms with Crippen LogP contribution in [0.5, 0.6) is 0 Å². The van der Waals surface area contributed by atoms with Crippen LogP contribution in [0.2, 0.25) is 0 Å². The molecule has 0 aromatic rings. The van der Waals surface area contributed by atoms with Gasteiger partial charge in [0.1, 0.15) is 0 Å². The summed E-state index contributed by atoms with van der Waals surface area (Å²) in [4.78, 5) is 0. The van der Waals surface area contributed by atoms with Gasteiger partial charge in [-0.3, -0.25) is 0 Å². The lowest BCUT2D eigenvalue weighted by molar-refractivity contribution is 0.0487. The Morgan fingerprint density at radius 2 is 1.14 bits per heavy atom. The highest BCUT2D eigenvalue weighted by Crippen LogP contribution is 2.01. The standard InChI is InChI=1S/C10H22O2S2/c1-8(4-11-6-9(2)13)5-12-7-10(3)14/h8-10,13-14H,4-7H2,1-3H3. The Morgan fingerprint density at radius 3 is 1.43 bits per heavy atom. The second-order valence-electron chi connectivity index (χ2n) is 3.88. The number of hydrogen-bond donors (Lipinski definition) is 2. The van der Waals surface area contributed by atoms with Crippen molar-refractivity contribution in [3.8, 4) is 0 Å². The van der Waals surface area contributed by atoms with Crippen molar-refractivity contribution >= 4 is 25.3 Å². The smallest absolute Gasteiger partial charge is 0.0579 e. The van der Waals surface area contributed by atoms with Crippen molar-refractivity contribution < 1.29 is 9.47 Å². The van der Waals surface area contributed by atoms with Crippen LogP contribution in [-0.2, 0) is 9.47 Å². The third-order valence-corrected chi connectivity index (χ3v) is 1.82. The third-order valence-electron chi connectivity index (χ3n) is 1.52. The van der Waals surface area contributed by atoms with Gasteiger partial charge >= 0.3 is 0 Å². The van der Waals surface area contributed by atoms with E-state index >= 15 is 0 Å². The minimum Gasteiger partial charge on any atom is -0.380 e. The van der Waals surface area contributed by atoms with Gasteiger partial charge in [-0.15, -0.1) is 0 Å². The lowest BCUT2D eigenvalue weighted by atomic mass is 10.2. The van der Waals surface area contributed by atoms with Gasteiger partial charge in [0.05, 0.1) is 26.4 Å². The lowest BCUT2D eigenvalue weighted by Gasteiger charge is -2.14. The van der Waals surface area contributed by atoms with E-state index in [9.17, 15) is 0 Å². The molecular weight excluding hydrogens is 216 g/mol. The first-order valence-corrected chi connectivity index (χ1v) is 6.07. The molecule has 2 atom stereocenters. The van der Waals surface area contributed by atoms with Gasteiger partial charge < -0.3 is 9.47 Å². The van der Waals surface area contributed by atoms with Crippen molar-refractivity contribution in [1.29, 1.82) is 0 Å². The van der Waals surface area contributed by atoms with Crippen molar-refractivity contribution in [2.45, 2.75) is 31.3 Å². The van der Waals surface area contributed by atoms with E-state index in [0.717, 1.165) is 13.2 Å². The zero-order valence-corrected chi connectivity index (χ0v) is 11.1. The Bertz CT molecular complexity index is 115. The lowest BCUT2D eigenvalue weighted by Crippen LogP contribution is -2.17. The highest BCUT2D eigenvalue weighted by Gasteiger charge is 2.04. The topological polar surface area (TPSA) is 18.5 Å². The van der Waals surface area contributed by atoms with Gasteiger partial charge in [0, 0.05) is 16.4 Å². The van der Waals surface area contributed by atoms with Crippen LogP contribution in [0.25, 0.3) is 0 Å². The Labute approximate surface area is 98.6 Å². The molecule has 2 unspecified atom stereocenters. The molecule has 0 rings (SSSR count). The van der Waals surface area contributed by atoms with Gasteiger partial charge in [0.25, 0.3) is 0 Å². The molecule has 0 fully saturated rings. The summed E-state index contributed by atoms with van der Waals surface area (Å²) in [6.07, 6.45) is 0. The fraction of sp³-hybridized carbons (Fsp3) is 1.00. The molecule has 0 amide bonds. The largest absolute Gasteiger partial charge is 0.380 e. The maximum absolute atomic E-state index is 5.44. The first kappa shape index (κ1) is 14.6. The van der Waals surface area contributed by atoms with Crippen LogP contribution >= 0.6 is 25.3 Å². The quantitative estimate of drug-likeness (QED) is 0.632. The van der Waals surface area contributed by atoms with Crippen molar-refractivity contribution in [3.63, 3.8) is 0 Å². The van der Waals surface area contributed by atoms with E-state index in [1.54, 1.807) is 0 Å². The predicted molar refractivity (Wildman–Crippen MR) is 67.7 cm³/mol. The highest BCUT2D eigenvalue weighted by atomic mass is 32.1. The van der Waals surface area contributed by atoms with Crippen molar-refractivity contribution in [2.24, 2.45) is 5.92 Å². The Kier molecular flexibility index (Phi) is 9.28. The molecule has 0 aliphatic carbocycles. The van der Waals surface area contributed by atoms with E-state index in [4.69, 9.17) is 9.47 Å². The molecule has 0 N–H and O–H groups in total. The molecule has 0 aromatic carbocycles. The fourth-order valence-electron chi connectivity index (χ4n) is 0.928. The second kappa shape index (κ2) is 8.89. The van der Waals surface area contributed by atoms with Crippen LogP contribution in [-0.4, -0.2) is 36.9 Å². The summed E-state index contributed by atoms with van der Waals surface area (Å²) in [5.41, 5.74) is 0. The number of hydrogen-bond acceptors (Lipinski definition) is 4. The third kappa shape index (κ3) is 10.7. The molecule has 0 heterocycles. The Balaban J connectivity index is 3.23. The molecule has 0 aliphatic heterocycles. The van der Waals surface area contributed by atoms with Crippen LogP contribution in [0, 0.1) is 5.92 Å². The normalized spacial score (nSPS) is 17.8. The van der Waals surface area contributed by atoms with E-state index in [0.29, 0.717) is 29.6 Å². The average molecular weight is 238 g/mol. The average Bonchev–Trinajstić information content (AvgIpc) is 2.02. The number of thiol groups is 2. The van der Waals surface area contributed by atoms with Gasteiger partial charge in [-0.05, 0) is 0 Å². The van der Waals surface area contributed by atoms with E-state index in [-0.39, 0.29) is 0 Å². The summed E-state index contributed by atoms with van der Waals surface area (Å²) >= 11 is 8.46. The maximum atomic E-state index is 5.44. The number of rotatable bonds is 8. The van der Waals surface area contributed by atoms with Gasteiger partial charge in [0.2, 0.25) is 0 Å². The first-order valence-electron chi connectivity index (χ1n) is 5.04. The summed E-state index contributed by atoms with van der Waals surface area (Å²) in [5, 5.41) is 0.612. The molecule has 0 bridgehead atoms. The molecular formula is C10H22O2S2. The molecule has 0 aliphatic rings. The van der Waals surface area contributed by atoms with Crippen LogP contribution in [0.4, 0.5) is 0 Å². The number of ether oxygens (including phenoxy) is 2. The summed E-state index contributed by atoms with van der Waals surface area (Å²) in [7, 11) is 0. The molecule has 0 aromatic heterocycles. The summed E-state index contributed by atoms with van der Waals surface area (Å²) < 4.78 is 10.9. The second-order valence-corrected chi connectivity index (χ2v) is 5.64. The van der Waals surface area contributed by atoms with Crippen LogP contribution in [0.1, 0.15) is 20.8 Å². The Hall–Kier alpha value is 0.620. The molecule has 2 nitrogen and oxygen atoms in total. The van der Waals surface area contributed by atoms with Crippen molar-refractivity contribution in [3.05, 3.63) is 0 Å². The van der Waals surface area contributed by atoms with E-state index in [2.05, 4.69) is 32.2 Å². The van der Waals surface area contributed by atoms with Gasteiger partial charge in [-0.1, -0.05) is 20.8 Å². The van der Waals surface area contributed by atoms with Crippen LogP contribution in [0.3, 0.4) is 0 Å². The van der Waals surface area contributed by atoms with E-state index in [1.807, 2.05) is 13.8 Å². The van der Waals surface area contributed by atoms with Gasteiger partial charge in [-0.25, -0.2) is 0 Å². The molecule has 0 spiro atoms. The molecule has 0 radical (unpaired) electrons. The van der Waals surface area contributed by atoms with E-state index in [1.165, 1.54) is 0 Å². The minimum atomic E-state index is 0.306. The fourth-order valence-corrected chi connectivity index (χ4v) is 1.14. The van der Waals surface area contributed by atoms with Gasteiger partial charge in [-0.2, -0.15) is 25.3 Å². The minimum absolute atomic E-state index is 0.306. The van der Waals surface area contributed by atoms with Gasteiger partial charge in [0.15, 0.2) is 0 Å². The SMILES string of the molecule is CC(S)COCC(C)COCC(C)S. The van der Waals surface area contributed by atoms with Crippen LogP contribution in [0.15, 0.2) is 0 Å². The molecule has 0 saturated heterocycles. The zero-order valence-electron chi connectivity index (χ0n) is 9.27. The summed E-state index contributed by atoms with van der Waals surface area (Å²) in [5.74, 6) is 0.439. The molecule has 14 heavy (non-hydrogen) atoms. The molecule has 4 heteroatoms. The molecule has 0 saturated carbocycles.